The maximum atomic E-state index is 12.8. The Morgan fingerprint density at radius 3 is 2.16 bits per heavy atom. The maximum absolute atomic E-state index is 12.8. The third kappa shape index (κ3) is 6.28. The Hall–Kier alpha value is -3.87. The Bertz CT molecular complexity index is 1600. The lowest BCUT2D eigenvalue weighted by atomic mass is 10.2. The molecule has 0 saturated heterocycles. The molecule has 192 valence electrons. The molecule has 0 saturated carbocycles. The van der Waals surface area contributed by atoms with Crippen LogP contribution < -0.4 is 14.2 Å². The minimum atomic E-state index is -4.02. The van der Waals surface area contributed by atoms with E-state index in [1.807, 2.05) is 0 Å². The molecule has 2 N–H and O–H groups in total. The van der Waals surface area contributed by atoms with Crippen molar-refractivity contribution >= 4 is 42.9 Å². The van der Waals surface area contributed by atoms with Gasteiger partial charge in [-0.15, -0.1) is 11.3 Å². The minimum Gasteiger partial charge on any atom is -0.490 e. The van der Waals surface area contributed by atoms with Gasteiger partial charge in [0.2, 0.25) is 9.84 Å². The third-order valence-corrected chi connectivity index (χ3v) is 9.73. The van der Waals surface area contributed by atoms with Crippen molar-refractivity contribution in [1.29, 1.82) is 0 Å². The zero-order valence-electron chi connectivity index (χ0n) is 19.1. The molecule has 0 atom stereocenters. The Kier molecular flexibility index (Phi) is 7.81. The summed E-state index contributed by atoms with van der Waals surface area (Å²) in [6.07, 6.45) is 0. The summed E-state index contributed by atoms with van der Waals surface area (Å²) in [6.45, 7) is 0.234. The molecule has 0 amide bonds. The SMILES string of the molecule is O=C(O)c1ccccc1OCCOc1ccc(NS(=O)(=O)c2cc(S(=O)(=O)c3ccccc3)cs2)cc1. The van der Waals surface area contributed by atoms with Crippen LogP contribution in [0.1, 0.15) is 10.4 Å². The van der Waals surface area contributed by atoms with Crippen LogP contribution in [0.5, 0.6) is 11.5 Å². The Morgan fingerprint density at radius 2 is 1.46 bits per heavy atom. The molecule has 12 heteroatoms. The zero-order valence-corrected chi connectivity index (χ0v) is 21.6. The highest BCUT2D eigenvalue weighted by atomic mass is 32.2. The van der Waals surface area contributed by atoms with Gasteiger partial charge in [-0.1, -0.05) is 30.3 Å². The normalized spacial score (nSPS) is 11.6. The van der Waals surface area contributed by atoms with E-state index >= 15 is 0 Å². The summed E-state index contributed by atoms with van der Waals surface area (Å²) >= 11 is 0.810. The van der Waals surface area contributed by atoms with Crippen LogP contribution in [0.4, 0.5) is 5.69 Å². The molecular weight excluding hydrogens is 538 g/mol. The molecule has 1 aromatic heterocycles. The Balaban J connectivity index is 1.35. The first-order valence-corrected chi connectivity index (χ1v) is 14.6. The number of rotatable bonds is 11. The first-order chi connectivity index (χ1) is 17.7. The van der Waals surface area contributed by atoms with Gasteiger partial charge in [0, 0.05) is 11.1 Å². The fourth-order valence-corrected chi connectivity index (χ4v) is 7.18. The lowest BCUT2D eigenvalue weighted by Gasteiger charge is -2.11. The van der Waals surface area contributed by atoms with Gasteiger partial charge in [-0.25, -0.2) is 21.6 Å². The molecule has 0 aliphatic carbocycles. The van der Waals surface area contributed by atoms with Crippen molar-refractivity contribution in [3.05, 3.63) is 95.9 Å². The highest BCUT2D eigenvalue weighted by Gasteiger charge is 2.24. The van der Waals surface area contributed by atoms with Crippen molar-refractivity contribution in [2.75, 3.05) is 17.9 Å². The van der Waals surface area contributed by atoms with E-state index in [4.69, 9.17) is 9.47 Å². The molecule has 1 heterocycles. The molecule has 0 bridgehead atoms. The molecule has 9 nitrogen and oxygen atoms in total. The van der Waals surface area contributed by atoms with Gasteiger partial charge in [0.15, 0.2) is 0 Å². The van der Waals surface area contributed by atoms with Gasteiger partial charge < -0.3 is 14.6 Å². The highest BCUT2D eigenvalue weighted by Crippen LogP contribution is 2.29. The number of ether oxygens (including phenoxy) is 2. The van der Waals surface area contributed by atoms with E-state index < -0.39 is 25.8 Å². The first kappa shape index (κ1) is 26.2. The number of para-hydroxylation sites is 1. The largest absolute Gasteiger partial charge is 0.490 e. The van der Waals surface area contributed by atoms with Gasteiger partial charge in [0.25, 0.3) is 10.0 Å². The number of hydrogen-bond acceptors (Lipinski definition) is 8. The van der Waals surface area contributed by atoms with Crippen molar-refractivity contribution in [3.63, 3.8) is 0 Å². The van der Waals surface area contributed by atoms with Crippen LogP contribution >= 0.6 is 11.3 Å². The van der Waals surface area contributed by atoms with Crippen molar-refractivity contribution < 1.29 is 36.2 Å². The molecule has 0 fully saturated rings. The number of carboxylic acids is 1. The summed E-state index contributed by atoms with van der Waals surface area (Å²) in [4.78, 5) is 11.2. The fourth-order valence-electron chi connectivity index (χ4n) is 3.22. The van der Waals surface area contributed by atoms with E-state index in [9.17, 15) is 26.7 Å². The second-order valence-corrected chi connectivity index (χ2v) is 12.3. The lowest BCUT2D eigenvalue weighted by molar-refractivity contribution is 0.0691. The average molecular weight is 560 g/mol. The number of aromatic carboxylic acids is 1. The van der Waals surface area contributed by atoms with E-state index in [-0.39, 0.29) is 44.2 Å². The summed E-state index contributed by atoms with van der Waals surface area (Å²) in [7, 11) is -7.85. The summed E-state index contributed by atoms with van der Waals surface area (Å²) in [5, 5.41) is 10.5. The number of sulfonamides is 1. The second kappa shape index (κ2) is 11.0. The summed E-state index contributed by atoms with van der Waals surface area (Å²) < 4.78 is 64.4. The molecule has 37 heavy (non-hydrogen) atoms. The van der Waals surface area contributed by atoms with Gasteiger partial charge in [0.05, 0.1) is 9.79 Å². The molecule has 0 unspecified atom stereocenters. The van der Waals surface area contributed by atoms with E-state index in [1.54, 1.807) is 48.5 Å². The minimum absolute atomic E-state index is 0.0506. The number of nitrogens with one attached hydrogen (secondary N) is 1. The van der Waals surface area contributed by atoms with E-state index in [0.717, 1.165) is 17.4 Å². The number of anilines is 1. The van der Waals surface area contributed by atoms with Gasteiger partial charge in [-0.2, -0.15) is 0 Å². The van der Waals surface area contributed by atoms with E-state index in [0.29, 0.717) is 5.75 Å². The van der Waals surface area contributed by atoms with Gasteiger partial charge in [0.1, 0.15) is 34.5 Å². The molecule has 4 aromatic rings. The highest BCUT2D eigenvalue weighted by molar-refractivity contribution is 7.95. The average Bonchev–Trinajstić information content (AvgIpc) is 3.41. The number of carbonyl (C=O) groups is 1. The molecule has 4 rings (SSSR count). The smallest absolute Gasteiger partial charge is 0.339 e. The first-order valence-electron chi connectivity index (χ1n) is 10.8. The van der Waals surface area contributed by atoms with Crippen molar-refractivity contribution in [3.8, 4) is 11.5 Å². The monoisotopic (exact) mass is 559 g/mol. The molecule has 0 aliphatic rings. The predicted octanol–water partition coefficient (Wildman–Crippen LogP) is 4.54. The van der Waals surface area contributed by atoms with Crippen molar-refractivity contribution in [2.45, 2.75) is 14.0 Å². The fraction of sp³-hybridized carbons (Fsp3) is 0.0800. The van der Waals surface area contributed by atoms with Gasteiger partial charge in [-0.05, 0) is 54.6 Å². The van der Waals surface area contributed by atoms with Gasteiger partial charge >= 0.3 is 5.97 Å². The van der Waals surface area contributed by atoms with Crippen molar-refractivity contribution in [1.82, 2.24) is 0 Å². The summed E-state index contributed by atoms with van der Waals surface area (Å²) in [5.41, 5.74) is 0.314. The van der Waals surface area contributed by atoms with E-state index in [2.05, 4.69) is 4.72 Å². The standard InChI is InChI=1S/C25H21NO8S3/c27-25(28)22-8-4-5-9-23(22)34-15-14-33-19-12-10-18(11-13-19)26-37(31,32)24-16-21(17-35-24)36(29,30)20-6-2-1-3-7-20/h1-13,16-17,26H,14-15H2,(H,27,28). The third-order valence-electron chi connectivity index (χ3n) is 5.01. The van der Waals surface area contributed by atoms with Crippen LogP contribution in [-0.2, 0) is 19.9 Å². The summed E-state index contributed by atoms with van der Waals surface area (Å²) in [5.74, 6) is -0.409. The summed E-state index contributed by atoms with van der Waals surface area (Å²) in [6, 6.07) is 21.3. The van der Waals surface area contributed by atoms with Crippen molar-refractivity contribution in [2.24, 2.45) is 0 Å². The molecule has 0 radical (unpaired) electrons. The number of carboxylic acid groups (broad SMARTS) is 1. The van der Waals surface area contributed by atoms with Crippen LogP contribution in [0, 0.1) is 0 Å². The van der Waals surface area contributed by atoms with Crippen LogP contribution in [0.15, 0.2) is 104 Å². The molecule has 0 spiro atoms. The maximum Gasteiger partial charge on any atom is 0.339 e. The molecular formula is C25H21NO8S3. The van der Waals surface area contributed by atoms with E-state index in [1.165, 1.54) is 35.7 Å². The van der Waals surface area contributed by atoms with Crippen LogP contribution in [0.25, 0.3) is 0 Å². The van der Waals surface area contributed by atoms with Gasteiger partial charge in [-0.3, -0.25) is 4.72 Å². The zero-order chi connectivity index (χ0) is 26.5. The Morgan fingerprint density at radius 1 is 0.811 bits per heavy atom. The number of sulfone groups is 1. The topological polar surface area (TPSA) is 136 Å². The number of thiophene rings is 1. The quantitative estimate of drug-likeness (QED) is 0.256. The number of hydrogen-bond donors (Lipinski definition) is 2. The second-order valence-electron chi connectivity index (χ2n) is 7.55. The van der Waals surface area contributed by atoms with Crippen LogP contribution in [-0.4, -0.2) is 41.1 Å². The Labute approximate surface area is 217 Å². The molecule has 3 aromatic carbocycles. The lowest BCUT2D eigenvalue weighted by Crippen LogP contribution is -2.12. The van der Waals surface area contributed by atoms with Crippen LogP contribution in [0.3, 0.4) is 0 Å². The predicted molar refractivity (Wildman–Crippen MR) is 138 cm³/mol. The van der Waals surface area contributed by atoms with Crippen LogP contribution in [0.2, 0.25) is 0 Å². The molecule has 0 aliphatic heterocycles. The number of benzene rings is 3.